The van der Waals surface area contributed by atoms with Crippen LogP contribution in [0.2, 0.25) is 0 Å². The summed E-state index contributed by atoms with van der Waals surface area (Å²) in [6, 6.07) is 9.69. The van der Waals surface area contributed by atoms with Crippen molar-refractivity contribution in [1.29, 1.82) is 0 Å². The van der Waals surface area contributed by atoms with Gasteiger partial charge in [-0.1, -0.05) is 18.2 Å². The number of para-hydroxylation sites is 1. The fourth-order valence-corrected chi connectivity index (χ4v) is 2.65. The average molecular weight is 335 g/mol. The third-order valence-electron chi connectivity index (χ3n) is 3.31. The molecular weight excluding hydrogens is 317 g/mol. The number of amides is 1. The molecular formula is C17H18FNO3S. The summed E-state index contributed by atoms with van der Waals surface area (Å²) in [5.74, 6) is -0.416. The molecule has 0 saturated heterocycles. The van der Waals surface area contributed by atoms with Gasteiger partial charge in [-0.15, -0.1) is 11.3 Å². The van der Waals surface area contributed by atoms with E-state index in [0.29, 0.717) is 11.4 Å². The Bertz CT molecular complexity index is 658. The second kappa shape index (κ2) is 8.43. The minimum absolute atomic E-state index is 0.0237. The summed E-state index contributed by atoms with van der Waals surface area (Å²) in [5, 5.41) is 1.83. The van der Waals surface area contributed by atoms with Crippen LogP contribution in [0.15, 0.2) is 41.8 Å². The van der Waals surface area contributed by atoms with Gasteiger partial charge in [0.25, 0.3) is 0 Å². The van der Waals surface area contributed by atoms with E-state index in [2.05, 4.69) is 0 Å². The Labute approximate surface area is 138 Å². The smallest absolute Gasteiger partial charge is 0.222 e. The Morgan fingerprint density at radius 1 is 1.17 bits per heavy atom. The van der Waals surface area contributed by atoms with Gasteiger partial charge in [-0.2, -0.15) is 0 Å². The molecule has 0 radical (unpaired) electrons. The number of hydrogen-bond acceptors (Lipinski definition) is 4. The van der Waals surface area contributed by atoms with E-state index in [1.165, 1.54) is 28.4 Å². The van der Waals surface area contributed by atoms with Crippen molar-refractivity contribution in [2.45, 2.75) is 12.8 Å². The van der Waals surface area contributed by atoms with E-state index in [1.54, 1.807) is 25.2 Å². The average Bonchev–Trinajstić information content (AvgIpc) is 3.08. The highest BCUT2D eigenvalue weighted by Gasteiger charge is 2.13. The molecule has 0 aliphatic carbocycles. The molecule has 0 N–H and O–H groups in total. The molecule has 23 heavy (non-hydrogen) atoms. The lowest BCUT2D eigenvalue weighted by Gasteiger charge is -2.17. The molecule has 1 aromatic carbocycles. The highest BCUT2D eigenvalue weighted by Crippen LogP contribution is 2.15. The van der Waals surface area contributed by atoms with Gasteiger partial charge in [-0.25, -0.2) is 4.39 Å². The van der Waals surface area contributed by atoms with Gasteiger partial charge in [0.05, 0.1) is 11.4 Å². The number of nitrogens with zero attached hydrogens (tertiary/aromatic N) is 1. The van der Waals surface area contributed by atoms with Gasteiger partial charge >= 0.3 is 0 Å². The third-order valence-corrected chi connectivity index (χ3v) is 4.22. The second-order valence-electron chi connectivity index (χ2n) is 4.99. The molecule has 6 heteroatoms. The van der Waals surface area contributed by atoms with Crippen molar-refractivity contribution in [2.24, 2.45) is 0 Å². The van der Waals surface area contributed by atoms with Crippen LogP contribution in [0.3, 0.4) is 0 Å². The van der Waals surface area contributed by atoms with Crippen molar-refractivity contribution in [3.05, 3.63) is 52.5 Å². The summed E-state index contributed by atoms with van der Waals surface area (Å²) in [6.07, 6.45) is 0.352. The standard InChI is InChI=1S/C17H18FNO3S/c1-19(10-11-22-15-6-3-2-5-13(15)18)17(21)9-8-14(20)16-7-4-12-23-16/h2-7,12H,8-11H2,1H3. The van der Waals surface area contributed by atoms with E-state index >= 15 is 0 Å². The fourth-order valence-electron chi connectivity index (χ4n) is 1.95. The van der Waals surface area contributed by atoms with E-state index in [9.17, 15) is 14.0 Å². The molecule has 0 unspecified atom stereocenters. The number of carbonyl (C=O) groups excluding carboxylic acids is 2. The zero-order valence-corrected chi connectivity index (χ0v) is 13.6. The summed E-state index contributed by atoms with van der Waals surface area (Å²) < 4.78 is 18.7. The Balaban J connectivity index is 1.70. The van der Waals surface area contributed by atoms with Crippen LogP contribution in [-0.2, 0) is 4.79 Å². The van der Waals surface area contributed by atoms with Gasteiger partial charge in [0.15, 0.2) is 17.3 Å². The lowest BCUT2D eigenvalue weighted by Crippen LogP contribution is -2.31. The Morgan fingerprint density at radius 2 is 1.96 bits per heavy atom. The van der Waals surface area contributed by atoms with Gasteiger partial charge < -0.3 is 9.64 Å². The molecule has 0 fully saturated rings. The molecule has 0 spiro atoms. The van der Waals surface area contributed by atoms with Crippen molar-refractivity contribution < 1.29 is 18.7 Å². The third kappa shape index (κ3) is 5.17. The maximum absolute atomic E-state index is 13.4. The van der Waals surface area contributed by atoms with Crippen LogP contribution in [0, 0.1) is 5.82 Å². The monoisotopic (exact) mass is 335 g/mol. The molecule has 0 aliphatic heterocycles. The first kappa shape index (κ1) is 17.1. The number of carbonyl (C=O) groups is 2. The van der Waals surface area contributed by atoms with Gasteiger partial charge in [0, 0.05) is 19.9 Å². The summed E-state index contributed by atoms with van der Waals surface area (Å²) >= 11 is 1.37. The number of hydrogen-bond donors (Lipinski definition) is 0. The number of benzene rings is 1. The molecule has 2 rings (SSSR count). The Kier molecular flexibility index (Phi) is 6.29. The van der Waals surface area contributed by atoms with Crippen molar-refractivity contribution in [1.82, 2.24) is 4.90 Å². The Hall–Kier alpha value is -2.21. The lowest BCUT2D eigenvalue weighted by molar-refractivity contribution is -0.130. The number of thiophene rings is 1. The summed E-state index contributed by atoms with van der Waals surface area (Å²) in [6.45, 7) is 0.530. The predicted octanol–water partition coefficient (Wildman–Crippen LogP) is 3.39. The molecule has 122 valence electrons. The molecule has 0 bridgehead atoms. The SMILES string of the molecule is CN(CCOc1ccccc1F)C(=O)CCC(=O)c1cccs1. The molecule has 2 aromatic rings. The van der Waals surface area contributed by atoms with E-state index < -0.39 is 5.82 Å². The normalized spacial score (nSPS) is 10.3. The number of likely N-dealkylation sites (N-methyl/N-ethyl adjacent to an activating group) is 1. The zero-order valence-electron chi connectivity index (χ0n) is 12.8. The fraction of sp³-hybridized carbons (Fsp3) is 0.294. The molecule has 0 saturated carbocycles. The first-order valence-corrected chi connectivity index (χ1v) is 8.14. The number of Topliss-reactive ketones (excluding diaryl/α,β-unsaturated/α-hetero) is 1. The number of ketones is 1. The van der Waals surface area contributed by atoms with Crippen LogP contribution in [-0.4, -0.2) is 36.8 Å². The van der Waals surface area contributed by atoms with Crippen LogP contribution in [0.4, 0.5) is 4.39 Å². The van der Waals surface area contributed by atoms with Crippen molar-refractivity contribution in [3.8, 4) is 5.75 Å². The Morgan fingerprint density at radius 3 is 2.65 bits per heavy atom. The van der Waals surface area contributed by atoms with Crippen LogP contribution >= 0.6 is 11.3 Å². The molecule has 0 aliphatic rings. The number of ether oxygens (including phenoxy) is 1. The van der Waals surface area contributed by atoms with Gasteiger partial charge in [0.2, 0.25) is 5.91 Å². The van der Waals surface area contributed by atoms with Crippen molar-refractivity contribution in [2.75, 3.05) is 20.2 Å². The largest absolute Gasteiger partial charge is 0.489 e. The van der Waals surface area contributed by atoms with Crippen molar-refractivity contribution >= 4 is 23.0 Å². The maximum atomic E-state index is 13.4. The van der Waals surface area contributed by atoms with Gasteiger partial charge in [-0.3, -0.25) is 9.59 Å². The minimum atomic E-state index is -0.428. The summed E-state index contributed by atoms with van der Waals surface area (Å²) in [7, 11) is 1.64. The van der Waals surface area contributed by atoms with Crippen LogP contribution in [0.25, 0.3) is 0 Å². The van der Waals surface area contributed by atoms with Gasteiger partial charge in [0.1, 0.15) is 6.61 Å². The maximum Gasteiger partial charge on any atom is 0.222 e. The number of halogens is 1. The van der Waals surface area contributed by atoms with E-state index in [0.717, 1.165) is 0 Å². The first-order valence-electron chi connectivity index (χ1n) is 7.26. The van der Waals surface area contributed by atoms with Crippen LogP contribution in [0.1, 0.15) is 22.5 Å². The highest BCUT2D eigenvalue weighted by molar-refractivity contribution is 7.12. The van der Waals surface area contributed by atoms with E-state index in [4.69, 9.17) is 4.74 Å². The lowest BCUT2D eigenvalue weighted by atomic mass is 10.2. The summed E-state index contributed by atoms with van der Waals surface area (Å²) in [5.41, 5.74) is 0. The van der Waals surface area contributed by atoms with Crippen LogP contribution in [0.5, 0.6) is 5.75 Å². The molecule has 1 aromatic heterocycles. The van der Waals surface area contributed by atoms with Crippen LogP contribution < -0.4 is 4.74 Å². The van der Waals surface area contributed by atoms with Gasteiger partial charge in [-0.05, 0) is 23.6 Å². The highest BCUT2D eigenvalue weighted by atomic mass is 32.1. The van der Waals surface area contributed by atoms with Crippen molar-refractivity contribution in [3.63, 3.8) is 0 Å². The predicted molar refractivity (Wildman–Crippen MR) is 87.4 cm³/mol. The first-order chi connectivity index (χ1) is 11.1. The second-order valence-corrected chi connectivity index (χ2v) is 5.94. The zero-order chi connectivity index (χ0) is 16.7. The van der Waals surface area contributed by atoms with E-state index in [1.807, 2.05) is 11.4 Å². The molecule has 4 nitrogen and oxygen atoms in total. The molecule has 1 amide bonds. The quantitative estimate of drug-likeness (QED) is 0.695. The summed E-state index contributed by atoms with van der Waals surface area (Å²) in [4.78, 5) is 26.0. The molecule has 1 heterocycles. The van der Waals surface area contributed by atoms with E-state index in [-0.39, 0.29) is 36.9 Å². The number of rotatable bonds is 8. The topological polar surface area (TPSA) is 46.6 Å². The minimum Gasteiger partial charge on any atom is -0.489 e. The molecule has 0 atom stereocenters.